The van der Waals surface area contributed by atoms with Crippen molar-refractivity contribution in [2.45, 2.75) is 39.2 Å². The van der Waals surface area contributed by atoms with Crippen molar-refractivity contribution < 1.29 is 4.79 Å². The van der Waals surface area contributed by atoms with Crippen LogP contribution in [0.5, 0.6) is 0 Å². The highest BCUT2D eigenvalue weighted by atomic mass is 16.2. The summed E-state index contributed by atoms with van der Waals surface area (Å²) in [4.78, 5) is 15.5. The van der Waals surface area contributed by atoms with Crippen LogP contribution >= 0.6 is 0 Å². The summed E-state index contributed by atoms with van der Waals surface area (Å²) in [6.45, 7) is 3.16. The smallest absolute Gasteiger partial charge is 0.241 e. The average Bonchev–Trinajstić information content (AvgIpc) is 2.86. The summed E-state index contributed by atoms with van der Waals surface area (Å²) >= 11 is 0. The van der Waals surface area contributed by atoms with Crippen LogP contribution in [0.3, 0.4) is 0 Å². The Labute approximate surface area is 101 Å². The van der Waals surface area contributed by atoms with Crippen molar-refractivity contribution in [1.29, 1.82) is 0 Å². The second-order valence-electron chi connectivity index (χ2n) is 5.09. The molecule has 0 aliphatic heterocycles. The van der Waals surface area contributed by atoms with Gasteiger partial charge in [0.15, 0.2) is 0 Å². The number of anilines is 1. The Balaban J connectivity index is 1.77. The molecule has 0 spiro atoms. The third kappa shape index (κ3) is 3.18. The number of hydrogen-bond acceptors (Lipinski definition) is 4. The Morgan fingerprint density at radius 3 is 2.88 bits per heavy atom. The van der Waals surface area contributed by atoms with E-state index in [4.69, 9.17) is 5.73 Å². The van der Waals surface area contributed by atoms with E-state index in [0.29, 0.717) is 0 Å². The SMILES string of the molecule is CC1(CNC(=O)Cn2cnc(N)n2)CCCC1. The molecular weight excluding hydrogens is 218 g/mol. The summed E-state index contributed by atoms with van der Waals surface area (Å²) in [7, 11) is 0. The summed E-state index contributed by atoms with van der Waals surface area (Å²) in [6.07, 6.45) is 6.40. The minimum atomic E-state index is -0.0389. The summed E-state index contributed by atoms with van der Waals surface area (Å²) in [5.41, 5.74) is 5.65. The van der Waals surface area contributed by atoms with E-state index >= 15 is 0 Å². The van der Waals surface area contributed by atoms with Crippen LogP contribution in [-0.2, 0) is 11.3 Å². The highest BCUT2D eigenvalue weighted by molar-refractivity contribution is 5.75. The summed E-state index contributed by atoms with van der Waals surface area (Å²) < 4.78 is 1.45. The van der Waals surface area contributed by atoms with Crippen molar-refractivity contribution in [3.63, 3.8) is 0 Å². The molecule has 1 saturated carbocycles. The molecule has 6 nitrogen and oxygen atoms in total. The number of aromatic nitrogens is 3. The van der Waals surface area contributed by atoms with Gasteiger partial charge in [0.2, 0.25) is 11.9 Å². The number of nitrogens with zero attached hydrogens (tertiary/aromatic N) is 3. The predicted molar refractivity (Wildman–Crippen MR) is 64.0 cm³/mol. The Morgan fingerprint density at radius 2 is 2.29 bits per heavy atom. The van der Waals surface area contributed by atoms with Gasteiger partial charge in [0.1, 0.15) is 12.9 Å². The first kappa shape index (κ1) is 11.9. The molecule has 6 heteroatoms. The van der Waals surface area contributed by atoms with E-state index in [0.717, 1.165) is 6.54 Å². The molecule has 0 atom stereocenters. The molecule has 1 aromatic heterocycles. The molecular formula is C11H19N5O. The van der Waals surface area contributed by atoms with Crippen molar-refractivity contribution in [1.82, 2.24) is 20.1 Å². The van der Waals surface area contributed by atoms with Gasteiger partial charge in [-0.1, -0.05) is 19.8 Å². The maximum Gasteiger partial charge on any atom is 0.241 e. The van der Waals surface area contributed by atoms with Gasteiger partial charge in [0.05, 0.1) is 0 Å². The maximum atomic E-state index is 11.7. The molecule has 2 rings (SSSR count). The molecule has 1 aromatic rings. The van der Waals surface area contributed by atoms with Crippen molar-refractivity contribution in [2.75, 3.05) is 12.3 Å². The van der Waals surface area contributed by atoms with Gasteiger partial charge in [-0.05, 0) is 18.3 Å². The predicted octanol–water partition coefficient (Wildman–Crippen LogP) is 0.557. The van der Waals surface area contributed by atoms with Crippen molar-refractivity contribution in [2.24, 2.45) is 5.41 Å². The standard InChI is InChI=1S/C11H19N5O/c1-11(4-2-3-5-11)7-13-9(17)6-16-8-14-10(12)15-16/h8H,2-7H2,1H3,(H2,12,15)(H,13,17). The lowest BCUT2D eigenvalue weighted by atomic mass is 9.89. The van der Waals surface area contributed by atoms with Gasteiger partial charge in [-0.2, -0.15) is 0 Å². The van der Waals surface area contributed by atoms with Gasteiger partial charge < -0.3 is 11.1 Å². The number of amides is 1. The first-order chi connectivity index (χ1) is 8.07. The lowest BCUT2D eigenvalue weighted by Gasteiger charge is -2.23. The van der Waals surface area contributed by atoms with Crippen molar-refractivity contribution >= 4 is 11.9 Å². The van der Waals surface area contributed by atoms with Crippen LogP contribution in [-0.4, -0.2) is 27.2 Å². The Kier molecular flexibility index (Phi) is 3.31. The lowest BCUT2D eigenvalue weighted by molar-refractivity contribution is -0.122. The number of rotatable bonds is 4. The fourth-order valence-electron chi connectivity index (χ4n) is 2.31. The molecule has 1 heterocycles. The fraction of sp³-hybridized carbons (Fsp3) is 0.727. The second-order valence-corrected chi connectivity index (χ2v) is 5.09. The molecule has 1 aliphatic carbocycles. The minimum Gasteiger partial charge on any atom is -0.367 e. The number of carbonyl (C=O) groups is 1. The molecule has 17 heavy (non-hydrogen) atoms. The first-order valence-corrected chi connectivity index (χ1v) is 5.99. The van der Waals surface area contributed by atoms with Gasteiger partial charge in [0, 0.05) is 6.54 Å². The number of nitrogen functional groups attached to an aromatic ring is 1. The quantitative estimate of drug-likeness (QED) is 0.801. The lowest BCUT2D eigenvalue weighted by Crippen LogP contribution is -2.36. The molecule has 1 fully saturated rings. The van der Waals surface area contributed by atoms with Crippen molar-refractivity contribution in [3.05, 3.63) is 6.33 Å². The Bertz CT molecular complexity index is 394. The molecule has 0 bridgehead atoms. The molecule has 0 saturated heterocycles. The Hall–Kier alpha value is -1.59. The van der Waals surface area contributed by atoms with Crippen molar-refractivity contribution in [3.8, 4) is 0 Å². The molecule has 3 N–H and O–H groups in total. The monoisotopic (exact) mass is 237 g/mol. The normalized spacial score (nSPS) is 18.2. The number of carbonyl (C=O) groups excluding carboxylic acids is 1. The highest BCUT2D eigenvalue weighted by Crippen LogP contribution is 2.36. The van der Waals surface area contributed by atoms with E-state index < -0.39 is 0 Å². The number of hydrogen-bond donors (Lipinski definition) is 2. The van der Waals surface area contributed by atoms with E-state index in [1.165, 1.54) is 36.7 Å². The van der Waals surface area contributed by atoms with E-state index in [1.54, 1.807) is 0 Å². The zero-order chi connectivity index (χ0) is 12.3. The molecule has 94 valence electrons. The molecule has 1 amide bonds. The maximum absolute atomic E-state index is 11.7. The summed E-state index contributed by atoms with van der Waals surface area (Å²) in [5, 5.41) is 6.82. The van der Waals surface area contributed by atoms with Gasteiger partial charge in [-0.3, -0.25) is 4.79 Å². The van der Waals surface area contributed by atoms with Crippen LogP contribution in [0.2, 0.25) is 0 Å². The summed E-state index contributed by atoms with van der Waals surface area (Å²) in [5.74, 6) is 0.156. The number of nitrogens with one attached hydrogen (secondary N) is 1. The largest absolute Gasteiger partial charge is 0.367 e. The average molecular weight is 237 g/mol. The molecule has 1 aliphatic rings. The first-order valence-electron chi connectivity index (χ1n) is 5.99. The Morgan fingerprint density at radius 1 is 1.59 bits per heavy atom. The van der Waals surface area contributed by atoms with Gasteiger partial charge in [-0.25, -0.2) is 9.67 Å². The molecule has 0 unspecified atom stereocenters. The van der Waals surface area contributed by atoms with Gasteiger partial charge in [-0.15, -0.1) is 5.10 Å². The van der Waals surface area contributed by atoms with E-state index in [2.05, 4.69) is 22.3 Å². The number of nitrogens with two attached hydrogens (primary N) is 1. The third-order valence-electron chi connectivity index (χ3n) is 3.38. The van der Waals surface area contributed by atoms with Gasteiger partial charge >= 0.3 is 0 Å². The van der Waals surface area contributed by atoms with Crippen LogP contribution in [0.4, 0.5) is 5.95 Å². The fourth-order valence-corrected chi connectivity index (χ4v) is 2.31. The topological polar surface area (TPSA) is 85.8 Å². The summed E-state index contributed by atoms with van der Waals surface area (Å²) in [6, 6.07) is 0. The van der Waals surface area contributed by atoms with Crippen LogP contribution < -0.4 is 11.1 Å². The zero-order valence-electron chi connectivity index (χ0n) is 10.1. The van der Waals surface area contributed by atoms with Crippen LogP contribution in [0.15, 0.2) is 6.33 Å². The third-order valence-corrected chi connectivity index (χ3v) is 3.38. The van der Waals surface area contributed by atoms with Crippen LogP contribution in [0.25, 0.3) is 0 Å². The minimum absolute atomic E-state index is 0.0389. The zero-order valence-corrected chi connectivity index (χ0v) is 10.1. The van der Waals surface area contributed by atoms with Gasteiger partial charge in [0.25, 0.3) is 0 Å². The molecule has 0 aromatic carbocycles. The second kappa shape index (κ2) is 4.73. The highest BCUT2D eigenvalue weighted by Gasteiger charge is 2.28. The van der Waals surface area contributed by atoms with E-state index in [1.807, 2.05) is 0 Å². The van der Waals surface area contributed by atoms with E-state index in [-0.39, 0.29) is 23.8 Å². The van der Waals surface area contributed by atoms with Crippen LogP contribution in [0, 0.1) is 5.41 Å². The van der Waals surface area contributed by atoms with E-state index in [9.17, 15) is 4.79 Å². The molecule has 0 radical (unpaired) electrons. The van der Waals surface area contributed by atoms with Crippen LogP contribution in [0.1, 0.15) is 32.6 Å².